The molecule has 0 fully saturated rings. The number of nitrogens with zero attached hydrogens (tertiary/aromatic N) is 1. The minimum atomic E-state index is 0. The van der Waals surface area contributed by atoms with E-state index in [1.807, 2.05) is 30.3 Å². The van der Waals surface area contributed by atoms with Crippen LogP contribution in [-0.2, 0) is 10.1 Å². The van der Waals surface area contributed by atoms with E-state index in [9.17, 15) is 9.59 Å². The van der Waals surface area contributed by atoms with Crippen LogP contribution in [-0.4, -0.2) is 17.6 Å². The number of carbonyl (C=O) groups is 1. The van der Waals surface area contributed by atoms with E-state index in [2.05, 4.69) is 20.9 Å². The van der Waals surface area contributed by atoms with Crippen LogP contribution in [0.5, 0.6) is 0 Å². The molecule has 5 heteroatoms. The van der Waals surface area contributed by atoms with E-state index in [0.717, 1.165) is 28.1 Å². The molecule has 0 bridgehead atoms. The molecule has 0 radical (unpaired) electrons. The molecule has 3 nitrogen and oxygen atoms in total. The van der Waals surface area contributed by atoms with Gasteiger partial charge in [0.05, 0.1) is 5.52 Å². The summed E-state index contributed by atoms with van der Waals surface area (Å²) < 4.78 is 0. The van der Waals surface area contributed by atoms with Crippen LogP contribution < -0.4 is 58.2 Å². The van der Waals surface area contributed by atoms with Gasteiger partial charge in [-0.3, -0.25) is 9.78 Å². The average molecular weight is 439 g/mol. The molecule has 108 valence electrons. The fourth-order valence-corrected chi connectivity index (χ4v) is 2.74. The maximum atomic E-state index is 11.4. The Morgan fingerprint density at radius 2 is 1.78 bits per heavy atom. The maximum absolute atomic E-state index is 11.4. The van der Waals surface area contributed by atoms with Crippen molar-refractivity contribution in [1.82, 2.24) is 4.98 Å². The zero-order valence-corrected chi connectivity index (χ0v) is 19.0. The molecule has 0 spiro atoms. The van der Waals surface area contributed by atoms with Gasteiger partial charge in [-0.25, -0.2) is 0 Å². The van der Waals surface area contributed by atoms with E-state index >= 15 is 0 Å². The second kappa shape index (κ2) is 8.54. The summed E-state index contributed by atoms with van der Waals surface area (Å²) in [4.78, 5) is 26.2. The van der Waals surface area contributed by atoms with Crippen LogP contribution in [0, 0.1) is 0 Å². The molecule has 3 aromatic rings. The Morgan fingerprint density at radius 3 is 2.39 bits per heavy atom. The largest absolute Gasteiger partial charge is 1.00 e. The first-order valence-corrected chi connectivity index (χ1v) is 7.80. The van der Waals surface area contributed by atoms with Crippen molar-refractivity contribution < 1.29 is 67.8 Å². The summed E-state index contributed by atoms with van der Waals surface area (Å²) in [6, 6.07) is 15.3. The number of halogens is 1. The number of carbonyl (C=O) groups excluding carboxylic acids is 2. The summed E-state index contributed by atoms with van der Waals surface area (Å²) in [7, 11) is 0. The normalized spacial score (nSPS) is 10.1. The number of pyridine rings is 1. The van der Waals surface area contributed by atoms with Gasteiger partial charge in [0.25, 0.3) is 0 Å². The predicted molar refractivity (Wildman–Crippen MR) is 90.0 cm³/mol. The van der Waals surface area contributed by atoms with Gasteiger partial charge < -0.3 is 4.79 Å². The van der Waals surface area contributed by atoms with Crippen LogP contribution in [0.25, 0.3) is 22.0 Å². The third-order valence-electron chi connectivity index (χ3n) is 3.50. The van der Waals surface area contributed by atoms with Crippen LogP contribution in [0.2, 0.25) is 0 Å². The van der Waals surface area contributed by atoms with Gasteiger partial charge in [0.2, 0.25) is 0 Å². The fourth-order valence-electron chi connectivity index (χ4n) is 2.36. The quantitative estimate of drug-likeness (QED) is 0.348. The zero-order chi connectivity index (χ0) is 15.5. The van der Waals surface area contributed by atoms with Crippen molar-refractivity contribution in [3.8, 4) is 11.1 Å². The second-order valence-corrected chi connectivity index (χ2v) is 5.44. The summed E-state index contributed by atoms with van der Waals surface area (Å²) in [5.74, 6) is 0. The first kappa shape index (κ1) is 18.8. The van der Waals surface area contributed by atoms with Crippen molar-refractivity contribution >= 4 is 39.4 Å². The number of rotatable bonds is 4. The second-order valence-electron chi connectivity index (χ2n) is 4.88. The van der Waals surface area contributed by atoms with Gasteiger partial charge in [-0.05, 0) is 34.2 Å². The first-order chi connectivity index (χ1) is 10.7. The minimum absolute atomic E-state index is 0. The predicted octanol–water partition coefficient (Wildman–Crippen LogP) is 1.07. The molecule has 0 aliphatic carbocycles. The van der Waals surface area contributed by atoms with Crippen LogP contribution in [0.3, 0.4) is 0 Å². The molecule has 23 heavy (non-hydrogen) atoms. The molecular formula is C18H11BrNO2Rb. The van der Waals surface area contributed by atoms with Gasteiger partial charge in [0, 0.05) is 17.2 Å². The zero-order valence-electron chi connectivity index (χ0n) is 12.5. The Hall–Kier alpha value is -0.525. The van der Waals surface area contributed by atoms with Crippen molar-refractivity contribution in [2.24, 2.45) is 0 Å². The molecule has 0 atom stereocenters. The van der Waals surface area contributed by atoms with Crippen LogP contribution in [0.4, 0.5) is 0 Å². The number of benzene rings is 2. The van der Waals surface area contributed by atoms with Crippen molar-refractivity contribution in [3.63, 3.8) is 0 Å². The van der Waals surface area contributed by atoms with E-state index < -0.39 is 0 Å². The molecule has 3 rings (SSSR count). The number of aldehydes is 1. The van der Waals surface area contributed by atoms with Crippen LogP contribution >= 0.6 is 15.9 Å². The Kier molecular flexibility index (Phi) is 6.98. The van der Waals surface area contributed by atoms with E-state index in [1.165, 1.54) is 5.56 Å². The van der Waals surface area contributed by atoms with Crippen molar-refractivity contribution in [3.05, 3.63) is 65.4 Å². The minimum Gasteiger partial charge on any atom is -0.417 e. The van der Waals surface area contributed by atoms with Gasteiger partial charge in [0.15, 0.2) is 6.29 Å². The van der Waals surface area contributed by atoms with Crippen LogP contribution in [0.1, 0.15) is 21.6 Å². The molecule has 0 aliphatic rings. The standard InChI is InChI=1S/C18H11BrNO2.Rb/c19-9-12-1-3-13(4-2-12)15-7-14-5-6-17(11-22)20-18(14)16(8-15)10-21;/h1-8,10H,9H2;/q-1;+1. The van der Waals surface area contributed by atoms with E-state index in [4.69, 9.17) is 0 Å². The van der Waals surface area contributed by atoms with Crippen molar-refractivity contribution in [1.29, 1.82) is 0 Å². The van der Waals surface area contributed by atoms with E-state index in [1.54, 1.807) is 24.5 Å². The Labute approximate surface area is 191 Å². The molecule has 0 aliphatic heterocycles. The van der Waals surface area contributed by atoms with Gasteiger partial charge in [0.1, 0.15) is 0 Å². The Balaban J connectivity index is 0.00000192. The third-order valence-corrected chi connectivity index (χ3v) is 4.14. The molecular weight excluding hydrogens is 428 g/mol. The monoisotopic (exact) mass is 437 g/mol. The first-order valence-electron chi connectivity index (χ1n) is 6.68. The summed E-state index contributed by atoms with van der Waals surface area (Å²) >= 11 is 3.42. The molecule has 0 saturated carbocycles. The average Bonchev–Trinajstić information content (AvgIpc) is 2.60. The molecule has 0 unspecified atom stereocenters. The third kappa shape index (κ3) is 4.12. The topological polar surface area (TPSA) is 47.0 Å². The summed E-state index contributed by atoms with van der Waals surface area (Å²) in [6.07, 6.45) is 2.51. The van der Waals surface area contributed by atoms with Gasteiger partial charge in [-0.15, -0.1) is 6.07 Å². The summed E-state index contributed by atoms with van der Waals surface area (Å²) in [5.41, 5.74) is 4.35. The van der Waals surface area contributed by atoms with Gasteiger partial charge in [-0.2, -0.15) is 6.07 Å². The van der Waals surface area contributed by atoms with Crippen molar-refractivity contribution in [2.75, 3.05) is 0 Å². The van der Waals surface area contributed by atoms with Gasteiger partial charge in [-0.1, -0.05) is 45.9 Å². The SMILES string of the molecule is O=[C-]c1ccc2cc(-c3ccc(CBr)cc3)cc(C=O)c2n1.[Rb+]. The molecule has 1 heterocycles. The Morgan fingerprint density at radius 1 is 1.04 bits per heavy atom. The molecule has 0 N–H and O–H groups in total. The smallest absolute Gasteiger partial charge is 0.417 e. The summed E-state index contributed by atoms with van der Waals surface area (Å²) in [6.45, 7) is 0. The molecule has 0 saturated heterocycles. The number of hydrogen-bond donors (Lipinski definition) is 0. The van der Waals surface area contributed by atoms with Gasteiger partial charge >= 0.3 is 58.2 Å². The molecule has 0 amide bonds. The number of hydrogen-bond acceptors (Lipinski definition) is 3. The van der Waals surface area contributed by atoms with Crippen molar-refractivity contribution in [2.45, 2.75) is 5.33 Å². The molecule has 2 aromatic carbocycles. The van der Waals surface area contributed by atoms with E-state index in [0.29, 0.717) is 11.1 Å². The Bertz CT molecular complexity index is 863. The number of aromatic nitrogens is 1. The number of alkyl halides is 1. The number of fused-ring (bicyclic) bond motifs is 1. The maximum Gasteiger partial charge on any atom is 1.00 e. The molecule has 1 aromatic heterocycles. The van der Waals surface area contributed by atoms with E-state index in [-0.39, 0.29) is 63.9 Å². The van der Waals surface area contributed by atoms with Crippen LogP contribution in [0.15, 0.2) is 48.5 Å². The fraction of sp³-hybridized carbons (Fsp3) is 0.0556. The summed E-state index contributed by atoms with van der Waals surface area (Å²) in [5, 5.41) is 1.63.